The molecule has 3 aromatic rings. The van der Waals surface area contributed by atoms with Crippen LogP contribution >= 0.6 is 11.8 Å². The first-order chi connectivity index (χ1) is 13.1. The molecule has 27 heavy (non-hydrogen) atoms. The molecule has 1 aliphatic heterocycles. The first-order valence-electron chi connectivity index (χ1n) is 8.48. The van der Waals surface area contributed by atoms with Crippen molar-refractivity contribution in [2.24, 2.45) is 7.05 Å². The quantitative estimate of drug-likeness (QED) is 0.687. The molecule has 4 rings (SSSR count). The summed E-state index contributed by atoms with van der Waals surface area (Å²) in [5.41, 5.74) is 1.71. The summed E-state index contributed by atoms with van der Waals surface area (Å²) in [4.78, 5) is 25.2. The van der Waals surface area contributed by atoms with Crippen LogP contribution in [-0.2, 0) is 18.4 Å². The lowest BCUT2D eigenvalue weighted by Crippen LogP contribution is -2.24. The summed E-state index contributed by atoms with van der Waals surface area (Å²) in [7, 11) is 1.75. The van der Waals surface area contributed by atoms with E-state index in [4.69, 9.17) is 9.47 Å². The molecule has 6 nitrogen and oxygen atoms in total. The fraction of sp³-hybridized carbons (Fsp3) is 0.200. The summed E-state index contributed by atoms with van der Waals surface area (Å²) in [5.74, 6) is 1.56. The van der Waals surface area contributed by atoms with Crippen molar-refractivity contribution in [2.75, 3.05) is 12.5 Å². The van der Waals surface area contributed by atoms with Crippen molar-refractivity contribution in [2.45, 2.75) is 11.4 Å². The zero-order chi connectivity index (χ0) is 18.8. The summed E-state index contributed by atoms with van der Waals surface area (Å²) in [6.07, 6.45) is 0. The monoisotopic (exact) mass is 382 g/mol. The second kappa shape index (κ2) is 7.36. The summed E-state index contributed by atoms with van der Waals surface area (Å²) >= 11 is 1.37. The highest BCUT2D eigenvalue weighted by molar-refractivity contribution is 8.00. The Morgan fingerprint density at radius 3 is 2.85 bits per heavy atom. The SMILES string of the molecule is Cn1c(=O)cc(SCC(=O)NCc2ccc3c(c2)OCO3)c2ccccc21. The Labute approximate surface area is 160 Å². The molecule has 0 atom stereocenters. The van der Waals surface area contributed by atoms with Gasteiger partial charge in [0.15, 0.2) is 11.5 Å². The highest BCUT2D eigenvalue weighted by atomic mass is 32.2. The lowest BCUT2D eigenvalue weighted by atomic mass is 10.2. The van der Waals surface area contributed by atoms with Gasteiger partial charge in [-0.3, -0.25) is 9.59 Å². The predicted octanol–water partition coefficient (Wildman–Crippen LogP) is 2.68. The number of carbonyl (C=O) groups is 1. The van der Waals surface area contributed by atoms with Crippen LogP contribution in [0.3, 0.4) is 0 Å². The average Bonchev–Trinajstić information content (AvgIpc) is 3.16. The number of thioether (sulfide) groups is 1. The van der Waals surface area contributed by atoms with E-state index < -0.39 is 0 Å². The fourth-order valence-electron chi connectivity index (χ4n) is 2.95. The highest BCUT2D eigenvalue weighted by Crippen LogP contribution is 2.32. The Bertz CT molecular complexity index is 1080. The second-order valence-electron chi connectivity index (χ2n) is 6.18. The number of ether oxygens (including phenoxy) is 2. The number of amides is 1. The lowest BCUT2D eigenvalue weighted by Gasteiger charge is -2.10. The summed E-state index contributed by atoms with van der Waals surface area (Å²) in [6.45, 7) is 0.639. The van der Waals surface area contributed by atoms with Crippen molar-refractivity contribution in [3.63, 3.8) is 0 Å². The zero-order valence-corrected chi connectivity index (χ0v) is 15.5. The number of carbonyl (C=O) groups excluding carboxylic acids is 1. The molecule has 7 heteroatoms. The minimum Gasteiger partial charge on any atom is -0.454 e. The Kier molecular flexibility index (Phi) is 4.77. The standard InChI is InChI=1S/C20H18N2O4S/c1-22-15-5-3-2-4-14(15)18(9-20(22)24)27-11-19(23)21-10-13-6-7-16-17(8-13)26-12-25-16/h2-9H,10-12H2,1H3,(H,21,23). The van der Waals surface area contributed by atoms with E-state index in [0.29, 0.717) is 12.3 Å². The van der Waals surface area contributed by atoms with Gasteiger partial charge in [0.2, 0.25) is 12.7 Å². The molecule has 0 bridgehead atoms. The predicted molar refractivity (Wildman–Crippen MR) is 104 cm³/mol. The number of rotatable bonds is 5. The first kappa shape index (κ1) is 17.5. The molecular formula is C20H18N2O4S. The Morgan fingerprint density at radius 2 is 1.96 bits per heavy atom. The number of nitrogens with zero attached hydrogens (tertiary/aromatic N) is 1. The molecule has 2 aromatic carbocycles. The number of benzene rings is 2. The van der Waals surface area contributed by atoms with E-state index in [9.17, 15) is 9.59 Å². The third-order valence-electron chi connectivity index (χ3n) is 4.40. The van der Waals surface area contributed by atoms with Crippen molar-refractivity contribution in [1.82, 2.24) is 9.88 Å². The van der Waals surface area contributed by atoms with Gasteiger partial charge in [-0.2, -0.15) is 0 Å². The molecule has 1 N–H and O–H groups in total. The van der Waals surface area contributed by atoms with Crippen LogP contribution in [0.25, 0.3) is 10.9 Å². The van der Waals surface area contributed by atoms with E-state index in [1.807, 2.05) is 42.5 Å². The van der Waals surface area contributed by atoms with Crippen LogP contribution in [0.1, 0.15) is 5.56 Å². The molecule has 0 spiro atoms. The third kappa shape index (κ3) is 3.64. The van der Waals surface area contributed by atoms with Crippen LogP contribution < -0.4 is 20.3 Å². The normalized spacial score (nSPS) is 12.3. The Hall–Kier alpha value is -2.93. The number of para-hydroxylation sites is 1. The van der Waals surface area contributed by atoms with E-state index in [-0.39, 0.29) is 24.0 Å². The molecule has 1 aliphatic rings. The van der Waals surface area contributed by atoms with Crippen LogP contribution in [0.15, 0.2) is 58.2 Å². The van der Waals surface area contributed by atoms with Gasteiger partial charge in [-0.1, -0.05) is 24.3 Å². The van der Waals surface area contributed by atoms with Crippen LogP contribution in [0.2, 0.25) is 0 Å². The van der Waals surface area contributed by atoms with Gasteiger partial charge in [-0.15, -0.1) is 11.8 Å². The minimum atomic E-state index is -0.0950. The number of nitrogens with one attached hydrogen (secondary N) is 1. The van der Waals surface area contributed by atoms with Gasteiger partial charge >= 0.3 is 0 Å². The number of aromatic nitrogens is 1. The molecule has 2 heterocycles. The molecule has 0 radical (unpaired) electrons. The van der Waals surface area contributed by atoms with Crippen LogP contribution in [0.5, 0.6) is 11.5 Å². The largest absolute Gasteiger partial charge is 0.454 e. The van der Waals surface area contributed by atoms with Gasteiger partial charge in [0.1, 0.15) is 0 Å². The van der Waals surface area contributed by atoms with Gasteiger partial charge in [0.05, 0.1) is 11.3 Å². The van der Waals surface area contributed by atoms with Gasteiger partial charge < -0.3 is 19.4 Å². The molecule has 1 amide bonds. The molecular weight excluding hydrogens is 364 g/mol. The maximum atomic E-state index is 12.2. The number of hydrogen-bond donors (Lipinski definition) is 1. The highest BCUT2D eigenvalue weighted by Gasteiger charge is 2.14. The maximum Gasteiger partial charge on any atom is 0.251 e. The van der Waals surface area contributed by atoms with Crippen molar-refractivity contribution >= 4 is 28.6 Å². The van der Waals surface area contributed by atoms with Crippen LogP contribution in [-0.4, -0.2) is 23.0 Å². The fourth-order valence-corrected chi connectivity index (χ4v) is 3.85. The van der Waals surface area contributed by atoms with Gasteiger partial charge in [-0.25, -0.2) is 0 Å². The minimum absolute atomic E-state index is 0.0861. The van der Waals surface area contributed by atoms with Crippen molar-refractivity contribution in [3.05, 3.63) is 64.4 Å². The summed E-state index contributed by atoms with van der Waals surface area (Å²) in [6, 6.07) is 14.9. The maximum absolute atomic E-state index is 12.2. The summed E-state index contributed by atoms with van der Waals surface area (Å²) < 4.78 is 12.2. The van der Waals surface area contributed by atoms with Gasteiger partial charge in [-0.05, 0) is 23.8 Å². The van der Waals surface area contributed by atoms with Crippen LogP contribution in [0.4, 0.5) is 0 Å². The molecule has 0 saturated heterocycles. The third-order valence-corrected chi connectivity index (χ3v) is 5.46. The summed E-state index contributed by atoms with van der Waals surface area (Å²) in [5, 5.41) is 3.86. The van der Waals surface area contributed by atoms with E-state index in [1.165, 1.54) is 11.8 Å². The molecule has 0 saturated carbocycles. The van der Waals surface area contributed by atoms with Gasteiger partial charge in [0.25, 0.3) is 5.56 Å². The molecule has 0 aliphatic carbocycles. The van der Waals surface area contributed by atoms with Gasteiger partial charge in [0, 0.05) is 29.9 Å². The van der Waals surface area contributed by atoms with E-state index >= 15 is 0 Å². The van der Waals surface area contributed by atoms with Crippen molar-refractivity contribution in [1.29, 1.82) is 0 Å². The van der Waals surface area contributed by atoms with E-state index in [1.54, 1.807) is 17.7 Å². The Balaban J connectivity index is 1.40. The first-order valence-corrected chi connectivity index (χ1v) is 9.47. The zero-order valence-electron chi connectivity index (χ0n) is 14.7. The number of hydrogen-bond acceptors (Lipinski definition) is 5. The molecule has 138 valence electrons. The number of pyridine rings is 1. The second-order valence-corrected chi connectivity index (χ2v) is 7.19. The number of fused-ring (bicyclic) bond motifs is 2. The van der Waals surface area contributed by atoms with Crippen molar-refractivity contribution < 1.29 is 14.3 Å². The lowest BCUT2D eigenvalue weighted by molar-refractivity contribution is -0.118. The van der Waals surface area contributed by atoms with E-state index in [0.717, 1.165) is 27.1 Å². The number of aryl methyl sites for hydroxylation is 1. The van der Waals surface area contributed by atoms with Crippen LogP contribution in [0, 0.1) is 0 Å². The molecule has 0 unspecified atom stereocenters. The van der Waals surface area contributed by atoms with E-state index in [2.05, 4.69) is 5.32 Å². The van der Waals surface area contributed by atoms with Crippen molar-refractivity contribution in [3.8, 4) is 11.5 Å². The topological polar surface area (TPSA) is 69.6 Å². The Morgan fingerprint density at radius 1 is 1.15 bits per heavy atom. The smallest absolute Gasteiger partial charge is 0.251 e. The molecule has 1 aromatic heterocycles. The average molecular weight is 382 g/mol. The molecule has 0 fully saturated rings.